The Bertz CT molecular complexity index is 352. The van der Waals surface area contributed by atoms with Crippen LogP contribution >= 0.6 is 0 Å². The van der Waals surface area contributed by atoms with Gasteiger partial charge in [0.1, 0.15) is 6.61 Å². The van der Waals surface area contributed by atoms with Crippen LogP contribution in [0.5, 0.6) is 5.88 Å². The second-order valence-electron chi connectivity index (χ2n) is 3.33. The van der Waals surface area contributed by atoms with Gasteiger partial charge in [0.15, 0.2) is 0 Å². The molecule has 0 fully saturated rings. The van der Waals surface area contributed by atoms with E-state index in [0.29, 0.717) is 32.3 Å². The summed E-state index contributed by atoms with van der Waals surface area (Å²) in [6.07, 6.45) is 1.08. The van der Waals surface area contributed by atoms with Crippen LogP contribution in [-0.4, -0.2) is 50.1 Å². The lowest BCUT2D eigenvalue weighted by Crippen LogP contribution is -2.12. The van der Waals surface area contributed by atoms with Crippen molar-refractivity contribution < 1.29 is 18.6 Å². The highest BCUT2D eigenvalue weighted by Crippen LogP contribution is 2.14. The molecule has 0 radical (unpaired) electrons. The number of halogens is 1. The third-order valence-electron chi connectivity index (χ3n) is 1.95. The van der Waals surface area contributed by atoms with E-state index in [1.54, 1.807) is 7.11 Å². The maximum atomic E-state index is 13.3. The van der Waals surface area contributed by atoms with E-state index in [1.807, 2.05) is 6.92 Å². The van der Waals surface area contributed by atoms with Gasteiger partial charge >= 0.3 is 0 Å². The summed E-state index contributed by atoms with van der Waals surface area (Å²) in [6.45, 7) is 4.13. The summed E-state index contributed by atoms with van der Waals surface area (Å²) < 4.78 is 28.5. The Hall–Kier alpha value is -1.47. The third-order valence-corrected chi connectivity index (χ3v) is 1.95. The van der Waals surface area contributed by atoms with Gasteiger partial charge in [-0.05, 0) is 6.92 Å². The fourth-order valence-corrected chi connectivity index (χ4v) is 1.14. The molecule has 0 saturated heterocycles. The van der Waals surface area contributed by atoms with Crippen LogP contribution in [0.3, 0.4) is 0 Å². The van der Waals surface area contributed by atoms with Gasteiger partial charge in [0.25, 0.3) is 5.88 Å². The normalized spacial score (nSPS) is 10.4. The topological polar surface area (TPSA) is 65.5 Å². The van der Waals surface area contributed by atoms with Crippen molar-refractivity contribution in [2.45, 2.75) is 6.92 Å². The minimum atomic E-state index is -0.589. The van der Waals surface area contributed by atoms with Gasteiger partial charge in [0.2, 0.25) is 11.8 Å². The van der Waals surface area contributed by atoms with Gasteiger partial charge < -0.3 is 19.5 Å². The number of hydrogen-bond acceptors (Lipinski definition) is 6. The maximum absolute atomic E-state index is 13.3. The third kappa shape index (κ3) is 5.24. The highest BCUT2D eigenvalue weighted by atomic mass is 19.1. The maximum Gasteiger partial charge on any atom is 0.255 e. The Labute approximate surface area is 105 Å². The second kappa shape index (κ2) is 8.60. The summed E-state index contributed by atoms with van der Waals surface area (Å²) in [4.78, 5) is 7.67. The number of methoxy groups -OCH3 is 1. The lowest BCUT2D eigenvalue weighted by Gasteiger charge is -2.08. The largest absolute Gasteiger partial charge is 0.473 e. The van der Waals surface area contributed by atoms with Crippen molar-refractivity contribution in [3.8, 4) is 5.88 Å². The zero-order valence-corrected chi connectivity index (χ0v) is 10.6. The molecule has 0 saturated carbocycles. The van der Waals surface area contributed by atoms with Crippen LogP contribution in [0.2, 0.25) is 0 Å². The van der Waals surface area contributed by atoms with E-state index in [-0.39, 0.29) is 12.5 Å². The Morgan fingerprint density at radius 1 is 1.28 bits per heavy atom. The Kier molecular flexibility index (Phi) is 6.97. The zero-order valence-electron chi connectivity index (χ0n) is 10.6. The van der Waals surface area contributed by atoms with E-state index in [9.17, 15) is 4.39 Å². The quantitative estimate of drug-likeness (QED) is 0.670. The van der Waals surface area contributed by atoms with Crippen molar-refractivity contribution in [3.05, 3.63) is 12.0 Å². The lowest BCUT2D eigenvalue weighted by atomic mass is 10.6. The molecule has 18 heavy (non-hydrogen) atoms. The molecule has 1 aromatic rings. The van der Waals surface area contributed by atoms with Crippen LogP contribution in [0.15, 0.2) is 6.20 Å². The Morgan fingerprint density at radius 3 is 2.78 bits per heavy atom. The van der Waals surface area contributed by atoms with Gasteiger partial charge in [-0.25, -0.2) is 4.98 Å². The minimum Gasteiger partial charge on any atom is -0.473 e. The first-order valence-corrected chi connectivity index (χ1v) is 5.73. The first kappa shape index (κ1) is 14.6. The molecule has 0 aromatic carbocycles. The van der Waals surface area contributed by atoms with Gasteiger partial charge in [-0.2, -0.15) is 9.37 Å². The van der Waals surface area contributed by atoms with E-state index >= 15 is 0 Å². The molecule has 1 aromatic heterocycles. The minimum absolute atomic E-state index is 0.0729. The number of anilines is 1. The molecule has 0 atom stereocenters. The van der Waals surface area contributed by atoms with Crippen LogP contribution < -0.4 is 10.1 Å². The second-order valence-corrected chi connectivity index (χ2v) is 3.33. The van der Waals surface area contributed by atoms with Gasteiger partial charge in [-0.1, -0.05) is 0 Å². The number of hydrogen-bond donors (Lipinski definition) is 1. The van der Waals surface area contributed by atoms with Gasteiger partial charge in [-0.15, -0.1) is 0 Å². The van der Waals surface area contributed by atoms with E-state index < -0.39 is 5.82 Å². The summed E-state index contributed by atoms with van der Waals surface area (Å²) in [7, 11) is 1.60. The number of nitrogens with one attached hydrogen (secondary N) is 1. The summed E-state index contributed by atoms with van der Waals surface area (Å²) >= 11 is 0. The molecule has 1 heterocycles. The summed E-state index contributed by atoms with van der Waals surface area (Å²) in [5.41, 5.74) is 0. The molecule has 0 unspecified atom stereocenters. The summed E-state index contributed by atoms with van der Waals surface area (Å²) in [6, 6.07) is 0. The molecule has 7 heteroatoms. The molecular formula is C11H18FN3O3. The molecule has 0 aliphatic carbocycles. The Morgan fingerprint density at radius 2 is 2.06 bits per heavy atom. The van der Waals surface area contributed by atoms with Crippen LogP contribution in [0.1, 0.15) is 6.92 Å². The molecule has 0 aliphatic rings. The first-order chi connectivity index (χ1) is 8.77. The first-order valence-electron chi connectivity index (χ1n) is 5.73. The molecular weight excluding hydrogens is 241 g/mol. The van der Waals surface area contributed by atoms with Crippen LogP contribution in [-0.2, 0) is 9.47 Å². The average molecular weight is 259 g/mol. The highest BCUT2D eigenvalue weighted by molar-refractivity contribution is 5.27. The van der Waals surface area contributed by atoms with E-state index in [4.69, 9.17) is 14.2 Å². The molecule has 102 valence electrons. The molecule has 0 aliphatic heterocycles. The molecule has 1 N–H and O–H groups in total. The molecule has 6 nitrogen and oxygen atoms in total. The molecule has 0 spiro atoms. The van der Waals surface area contributed by atoms with E-state index in [1.165, 1.54) is 0 Å². The SMILES string of the molecule is CCNc1ncc(F)c(OCCOCCOC)n1. The molecule has 1 rings (SSSR count). The fourth-order valence-electron chi connectivity index (χ4n) is 1.14. The molecule has 0 amide bonds. The fraction of sp³-hybridized carbons (Fsp3) is 0.636. The number of nitrogens with zero attached hydrogens (tertiary/aromatic N) is 2. The summed E-state index contributed by atoms with van der Waals surface area (Å²) in [5, 5.41) is 2.88. The van der Waals surface area contributed by atoms with Crippen molar-refractivity contribution in [1.82, 2.24) is 9.97 Å². The number of rotatable bonds is 9. The average Bonchev–Trinajstić information content (AvgIpc) is 2.37. The monoisotopic (exact) mass is 259 g/mol. The number of aromatic nitrogens is 2. The number of ether oxygens (including phenoxy) is 3. The van der Waals surface area contributed by atoms with Crippen molar-refractivity contribution in [3.63, 3.8) is 0 Å². The van der Waals surface area contributed by atoms with Crippen molar-refractivity contribution in [2.24, 2.45) is 0 Å². The smallest absolute Gasteiger partial charge is 0.255 e. The van der Waals surface area contributed by atoms with Crippen LogP contribution in [0.4, 0.5) is 10.3 Å². The Balaban J connectivity index is 2.34. The predicted octanol–water partition coefficient (Wildman–Crippen LogP) is 1.09. The molecule has 0 bridgehead atoms. The van der Waals surface area contributed by atoms with E-state index in [0.717, 1.165) is 6.20 Å². The zero-order chi connectivity index (χ0) is 13.2. The van der Waals surface area contributed by atoms with Gasteiger partial charge in [0, 0.05) is 13.7 Å². The van der Waals surface area contributed by atoms with Crippen molar-refractivity contribution >= 4 is 5.95 Å². The van der Waals surface area contributed by atoms with Crippen molar-refractivity contribution in [2.75, 3.05) is 45.4 Å². The standard InChI is InChI=1S/C11H18FN3O3/c1-3-13-11-14-8-9(12)10(15-11)18-7-6-17-5-4-16-2/h8H,3-7H2,1-2H3,(H,13,14,15). The predicted molar refractivity (Wildman–Crippen MR) is 64.3 cm³/mol. The highest BCUT2D eigenvalue weighted by Gasteiger charge is 2.07. The van der Waals surface area contributed by atoms with Gasteiger partial charge in [0.05, 0.1) is 26.0 Å². The van der Waals surface area contributed by atoms with Crippen LogP contribution in [0.25, 0.3) is 0 Å². The van der Waals surface area contributed by atoms with Gasteiger partial charge in [-0.3, -0.25) is 0 Å². The van der Waals surface area contributed by atoms with E-state index in [2.05, 4.69) is 15.3 Å². The van der Waals surface area contributed by atoms with Crippen molar-refractivity contribution in [1.29, 1.82) is 0 Å². The van der Waals surface area contributed by atoms with Crippen LogP contribution in [0, 0.1) is 5.82 Å². The lowest BCUT2D eigenvalue weighted by molar-refractivity contribution is 0.0529. The summed E-state index contributed by atoms with van der Waals surface area (Å²) in [5.74, 6) is -0.320.